The van der Waals surface area contributed by atoms with E-state index in [1.54, 1.807) is 18.2 Å². The zero-order valence-corrected chi connectivity index (χ0v) is 17.3. The molecule has 0 aliphatic carbocycles. The van der Waals surface area contributed by atoms with Crippen molar-refractivity contribution in [1.82, 2.24) is 10.6 Å². The maximum Gasteiger partial charge on any atom is 0.226 e. The lowest BCUT2D eigenvalue weighted by molar-refractivity contribution is -0.119. The van der Waals surface area contributed by atoms with Crippen LogP contribution in [0.5, 0.6) is 5.75 Å². The van der Waals surface area contributed by atoms with Crippen LogP contribution in [0.25, 0.3) is 0 Å². The number of rotatable bonds is 8. The van der Waals surface area contributed by atoms with Crippen molar-refractivity contribution in [2.45, 2.75) is 32.2 Å². The van der Waals surface area contributed by atoms with Gasteiger partial charge in [0.25, 0.3) is 0 Å². The maximum absolute atomic E-state index is 12.0. The molecule has 0 spiro atoms. The number of halogens is 2. The summed E-state index contributed by atoms with van der Waals surface area (Å²) >= 11 is 17.1. The first-order chi connectivity index (χ1) is 13.0. The molecule has 2 rings (SSSR count). The van der Waals surface area contributed by atoms with Crippen LogP contribution in [0.15, 0.2) is 48.5 Å². The Morgan fingerprint density at radius 1 is 1.19 bits per heavy atom. The largest absolute Gasteiger partial charge is 0.492 e. The summed E-state index contributed by atoms with van der Waals surface area (Å²) in [6.07, 6.45) is 1.70. The van der Waals surface area contributed by atoms with Crippen molar-refractivity contribution in [2.24, 2.45) is 0 Å². The van der Waals surface area contributed by atoms with E-state index >= 15 is 0 Å². The van der Waals surface area contributed by atoms with Crippen LogP contribution >= 0.6 is 35.4 Å². The summed E-state index contributed by atoms with van der Waals surface area (Å²) in [5, 5.41) is 7.22. The monoisotopic (exact) mass is 424 g/mol. The smallest absolute Gasteiger partial charge is 0.226 e. The molecule has 0 fully saturated rings. The third kappa shape index (κ3) is 7.37. The van der Waals surface area contributed by atoms with Gasteiger partial charge < -0.3 is 15.4 Å². The summed E-state index contributed by atoms with van der Waals surface area (Å²) in [7, 11) is 0. The summed E-state index contributed by atoms with van der Waals surface area (Å²) in [5.74, 6) is 0.397. The van der Waals surface area contributed by atoms with Crippen molar-refractivity contribution >= 4 is 46.4 Å². The Bertz CT molecular complexity index is 772. The van der Waals surface area contributed by atoms with Gasteiger partial charge in [-0.2, -0.15) is 0 Å². The van der Waals surface area contributed by atoms with Gasteiger partial charge in [0.15, 0.2) is 5.11 Å². The average Bonchev–Trinajstić information content (AvgIpc) is 2.65. The number of amides is 1. The van der Waals surface area contributed by atoms with Crippen molar-refractivity contribution in [1.29, 1.82) is 0 Å². The summed E-state index contributed by atoms with van der Waals surface area (Å²) in [4.78, 5) is 12.0. The third-order valence-electron chi connectivity index (χ3n) is 3.87. The van der Waals surface area contributed by atoms with E-state index in [0.717, 1.165) is 12.0 Å². The molecule has 0 aromatic heterocycles. The van der Waals surface area contributed by atoms with E-state index < -0.39 is 0 Å². The molecule has 0 bridgehead atoms. The minimum absolute atomic E-state index is 0.0642. The van der Waals surface area contributed by atoms with Gasteiger partial charge in [0.2, 0.25) is 5.91 Å². The molecule has 1 unspecified atom stereocenters. The van der Waals surface area contributed by atoms with Crippen LogP contribution in [0.1, 0.15) is 37.8 Å². The Morgan fingerprint density at radius 3 is 2.59 bits per heavy atom. The molecule has 4 nitrogen and oxygen atoms in total. The van der Waals surface area contributed by atoms with Crippen LogP contribution in [0.4, 0.5) is 0 Å². The second-order valence-corrected chi connectivity index (χ2v) is 7.17. The van der Waals surface area contributed by atoms with Gasteiger partial charge in [0, 0.05) is 11.4 Å². The van der Waals surface area contributed by atoms with E-state index in [4.69, 9.17) is 40.2 Å². The van der Waals surface area contributed by atoms with E-state index in [2.05, 4.69) is 17.6 Å². The highest BCUT2D eigenvalue weighted by molar-refractivity contribution is 7.80. The van der Waals surface area contributed by atoms with Crippen molar-refractivity contribution in [2.75, 3.05) is 6.61 Å². The molecular weight excluding hydrogens is 403 g/mol. The van der Waals surface area contributed by atoms with E-state index in [9.17, 15) is 4.79 Å². The normalized spacial score (nSPS) is 11.5. The van der Waals surface area contributed by atoms with Crippen LogP contribution < -0.4 is 15.4 Å². The number of carbonyl (C=O) groups is 1. The lowest BCUT2D eigenvalue weighted by Crippen LogP contribution is -2.40. The lowest BCUT2D eigenvalue weighted by atomic mass is 10.1. The molecule has 2 aromatic carbocycles. The fourth-order valence-corrected chi connectivity index (χ4v) is 3.22. The first-order valence-corrected chi connectivity index (χ1v) is 9.89. The van der Waals surface area contributed by atoms with E-state index in [-0.39, 0.29) is 11.9 Å². The standard InChI is InChI=1S/C20H22Cl2N2O2S/c1-2-17(14-7-4-3-5-8-14)23-20(27)24-19(25)9-6-12-26-18-11-10-15(21)13-16(18)22/h3-5,7-8,10-11,13,17H,2,6,9,12H2,1H3,(H2,23,24,25,27). The summed E-state index contributed by atoms with van der Waals surface area (Å²) in [6.45, 7) is 2.44. The molecule has 0 heterocycles. The molecule has 0 radical (unpaired) electrons. The van der Waals surface area contributed by atoms with Gasteiger partial charge in [-0.25, -0.2) is 0 Å². The van der Waals surface area contributed by atoms with E-state index in [0.29, 0.717) is 40.4 Å². The number of carbonyl (C=O) groups excluding carboxylic acids is 1. The Kier molecular flexibility index (Phi) is 8.85. The molecule has 2 N–H and O–H groups in total. The molecule has 0 aliphatic heterocycles. The maximum atomic E-state index is 12.0. The quantitative estimate of drug-likeness (QED) is 0.446. The van der Waals surface area contributed by atoms with Crippen molar-refractivity contribution in [3.05, 3.63) is 64.1 Å². The first kappa shape index (κ1) is 21.5. The van der Waals surface area contributed by atoms with Crippen LogP contribution in [0, 0.1) is 0 Å². The Hall–Kier alpha value is -1.82. The Balaban J connectivity index is 1.71. The van der Waals surface area contributed by atoms with Gasteiger partial charge in [-0.3, -0.25) is 4.79 Å². The van der Waals surface area contributed by atoms with Crippen LogP contribution in [0.3, 0.4) is 0 Å². The zero-order chi connectivity index (χ0) is 19.6. The highest BCUT2D eigenvalue weighted by Gasteiger charge is 2.12. The Labute approximate surface area is 175 Å². The SMILES string of the molecule is CCC(NC(=S)NC(=O)CCCOc1ccc(Cl)cc1Cl)c1ccccc1. The predicted octanol–water partition coefficient (Wildman–Crippen LogP) is 5.29. The van der Waals surface area contributed by atoms with Gasteiger partial charge >= 0.3 is 0 Å². The van der Waals surface area contributed by atoms with Gasteiger partial charge in [0.05, 0.1) is 17.7 Å². The fraction of sp³-hybridized carbons (Fsp3) is 0.300. The highest BCUT2D eigenvalue weighted by Crippen LogP contribution is 2.27. The van der Waals surface area contributed by atoms with Crippen LogP contribution in [-0.2, 0) is 4.79 Å². The van der Waals surface area contributed by atoms with Gasteiger partial charge in [-0.05, 0) is 48.8 Å². The van der Waals surface area contributed by atoms with Crippen LogP contribution in [0.2, 0.25) is 10.0 Å². The van der Waals surface area contributed by atoms with Crippen molar-refractivity contribution < 1.29 is 9.53 Å². The molecule has 1 atom stereocenters. The minimum Gasteiger partial charge on any atom is -0.492 e. The summed E-state index contributed by atoms with van der Waals surface area (Å²) in [5.41, 5.74) is 1.13. The summed E-state index contributed by atoms with van der Waals surface area (Å²) in [6, 6.07) is 15.1. The van der Waals surface area contributed by atoms with Crippen molar-refractivity contribution in [3.63, 3.8) is 0 Å². The fourth-order valence-electron chi connectivity index (χ4n) is 2.50. The topological polar surface area (TPSA) is 50.4 Å². The molecule has 144 valence electrons. The number of hydrogen-bond acceptors (Lipinski definition) is 3. The van der Waals surface area contributed by atoms with Crippen LogP contribution in [-0.4, -0.2) is 17.6 Å². The van der Waals surface area contributed by atoms with Gasteiger partial charge in [0.1, 0.15) is 5.75 Å². The van der Waals surface area contributed by atoms with Gasteiger partial charge in [-0.15, -0.1) is 0 Å². The second-order valence-electron chi connectivity index (χ2n) is 5.92. The highest BCUT2D eigenvalue weighted by atomic mass is 35.5. The Morgan fingerprint density at radius 2 is 1.93 bits per heavy atom. The molecule has 0 saturated carbocycles. The van der Waals surface area contributed by atoms with Gasteiger partial charge in [-0.1, -0.05) is 60.5 Å². The predicted molar refractivity (Wildman–Crippen MR) is 115 cm³/mol. The number of hydrogen-bond donors (Lipinski definition) is 2. The molecule has 2 aromatic rings. The van der Waals surface area contributed by atoms with Crippen molar-refractivity contribution in [3.8, 4) is 5.75 Å². The first-order valence-electron chi connectivity index (χ1n) is 8.72. The minimum atomic E-state index is -0.152. The van der Waals surface area contributed by atoms with E-state index in [1.807, 2.05) is 30.3 Å². The molecule has 7 heteroatoms. The lowest BCUT2D eigenvalue weighted by Gasteiger charge is -2.19. The molecule has 0 aliphatic rings. The van der Waals surface area contributed by atoms with E-state index in [1.165, 1.54) is 0 Å². The number of nitrogens with one attached hydrogen (secondary N) is 2. The zero-order valence-electron chi connectivity index (χ0n) is 15.0. The molecular formula is C20H22Cl2N2O2S. The molecule has 27 heavy (non-hydrogen) atoms. The second kappa shape index (κ2) is 11.1. The summed E-state index contributed by atoms with van der Waals surface area (Å²) < 4.78 is 5.57. The number of thiocarbonyl (C=S) groups is 1. The number of ether oxygens (including phenoxy) is 1. The average molecular weight is 425 g/mol. The number of benzene rings is 2. The molecule has 0 saturated heterocycles. The third-order valence-corrected chi connectivity index (χ3v) is 4.62. The molecule has 1 amide bonds.